The Morgan fingerprint density at radius 2 is 1.91 bits per heavy atom. The number of nitrogens with one attached hydrogen (secondary N) is 1. The number of anilines is 1. The molecule has 0 unspecified atom stereocenters. The van der Waals surface area contributed by atoms with E-state index in [1.54, 1.807) is 18.2 Å². The molecule has 0 aliphatic rings. The van der Waals surface area contributed by atoms with E-state index in [1.807, 2.05) is 0 Å². The summed E-state index contributed by atoms with van der Waals surface area (Å²) in [6.07, 6.45) is 1.40. The lowest BCUT2D eigenvalue weighted by molar-refractivity contribution is 0.507. The fraction of sp³-hybridized carbons (Fsp3) is 0.0625. The van der Waals surface area contributed by atoms with Gasteiger partial charge in [-0.3, -0.25) is 0 Å². The molecule has 0 aliphatic carbocycles. The molecule has 0 radical (unpaired) electrons. The molecule has 6 heteroatoms. The Labute approximate surface area is 125 Å². The van der Waals surface area contributed by atoms with Crippen molar-refractivity contribution in [3.8, 4) is 6.07 Å². The van der Waals surface area contributed by atoms with Crippen molar-refractivity contribution in [3.05, 3.63) is 65.5 Å². The van der Waals surface area contributed by atoms with Crippen molar-refractivity contribution in [1.29, 1.82) is 5.26 Å². The van der Waals surface area contributed by atoms with Crippen LogP contribution in [0.5, 0.6) is 0 Å². The van der Waals surface area contributed by atoms with Crippen molar-refractivity contribution in [2.75, 3.05) is 5.32 Å². The lowest BCUT2D eigenvalue weighted by atomic mass is 10.1. The summed E-state index contributed by atoms with van der Waals surface area (Å²) in [5, 5.41) is 12.7. The number of halogens is 2. The average molecular weight is 296 g/mol. The number of rotatable bonds is 3. The summed E-state index contributed by atoms with van der Waals surface area (Å²) in [5.74, 6) is -1.24. The van der Waals surface area contributed by atoms with Gasteiger partial charge in [0.05, 0.1) is 17.1 Å². The summed E-state index contributed by atoms with van der Waals surface area (Å²) in [6.45, 7) is 0.278. The van der Waals surface area contributed by atoms with Gasteiger partial charge >= 0.3 is 0 Å². The van der Waals surface area contributed by atoms with Crippen LogP contribution in [0, 0.1) is 23.0 Å². The first-order chi connectivity index (χ1) is 10.7. The molecule has 1 aromatic heterocycles. The van der Waals surface area contributed by atoms with Crippen LogP contribution >= 0.6 is 0 Å². The normalized spacial score (nSPS) is 10.4. The number of aromatic nitrogens is 2. The van der Waals surface area contributed by atoms with Crippen LogP contribution in [0.25, 0.3) is 10.9 Å². The number of hydrogen-bond donors (Lipinski definition) is 1. The van der Waals surface area contributed by atoms with Crippen molar-refractivity contribution in [2.45, 2.75) is 6.54 Å². The maximum Gasteiger partial charge on any atom is 0.159 e. The van der Waals surface area contributed by atoms with Gasteiger partial charge in [-0.2, -0.15) is 5.26 Å². The summed E-state index contributed by atoms with van der Waals surface area (Å²) in [4.78, 5) is 8.27. The number of hydrogen-bond acceptors (Lipinski definition) is 4. The van der Waals surface area contributed by atoms with Crippen molar-refractivity contribution in [1.82, 2.24) is 9.97 Å². The minimum absolute atomic E-state index is 0.278. The fourth-order valence-corrected chi connectivity index (χ4v) is 2.10. The predicted molar refractivity (Wildman–Crippen MR) is 77.9 cm³/mol. The van der Waals surface area contributed by atoms with E-state index in [9.17, 15) is 8.78 Å². The van der Waals surface area contributed by atoms with Gasteiger partial charge in [0.15, 0.2) is 11.6 Å². The lowest BCUT2D eigenvalue weighted by Crippen LogP contribution is -2.03. The zero-order valence-electron chi connectivity index (χ0n) is 11.3. The molecule has 0 fully saturated rings. The molecule has 0 amide bonds. The van der Waals surface area contributed by atoms with Crippen LogP contribution in [0.3, 0.4) is 0 Å². The highest BCUT2D eigenvalue weighted by Gasteiger charge is 2.06. The zero-order valence-corrected chi connectivity index (χ0v) is 11.3. The van der Waals surface area contributed by atoms with Crippen LogP contribution in [0.15, 0.2) is 42.7 Å². The Bertz CT molecular complexity index is 887. The van der Waals surface area contributed by atoms with Crippen molar-refractivity contribution < 1.29 is 8.78 Å². The molecule has 2 aromatic carbocycles. The quantitative estimate of drug-likeness (QED) is 0.804. The molecule has 0 saturated carbocycles. The highest BCUT2D eigenvalue weighted by molar-refractivity contribution is 5.89. The predicted octanol–water partition coefficient (Wildman–Crippen LogP) is 3.39. The van der Waals surface area contributed by atoms with Gasteiger partial charge in [0.25, 0.3) is 0 Å². The molecule has 22 heavy (non-hydrogen) atoms. The second-order valence-corrected chi connectivity index (χ2v) is 4.67. The third-order valence-electron chi connectivity index (χ3n) is 3.21. The molecule has 4 nitrogen and oxygen atoms in total. The van der Waals surface area contributed by atoms with Gasteiger partial charge in [-0.25, -0.2) is 18.7 Å². The molecule has 0 aliphatic heterocycles. The van der Waals surface area contributed by atoms with Gasteiger partial charge in [0.2, 0.25) is 0 Å². The van der Waals surface area contributed by atoms with E-state index in [4.69, 9.17) is 5.26 Å². The minimum Gasteiger partial charge on any atom is -0.365 e. The zero-order chi connectivity index (χ0) is 15.5. The van der Waals surface area contributed by atoms with Crippen LogP contribution < -0.4 is 5.32 Å². The molecule has 108 valence electrons. The SMILES string of the molecule is N#Cc1ccc2ncnc(NCc3ccc(F)c(F)c3)c2c1. The van der Waals surface area contributed by atoms with E-state index in [0.717, 1.165) is 12.1 Å². The first kappa shape index (κ1) is 13.9. The lowest BCUT2D eigenvalue weighted by Gasteiger charge is -2.09. The van der Waals surface area contributed by atoms with E-state index in [1.165, 1.54) is 12.4 Å². The van der Waals surface area contributed by atoms with E-state index in [-0.39, 0.29) is 6.54 Å². The maximum atomic E-state index is 13.2. The molecular formula is C16H10F2N4. The molecule has 0 spiro atoms. The molecule has 3 aromatic rings. The highest BCUT2D eigenvalue weighted by atomic mass is 19.2. The summed E-state index contributed by atoms with van der Waals surface area (Å²) < 4.78 is 26.1. The summed E-state index contributed by atoms with van der Waals surface area (Å²) in [6, 6.07) is 10.9. The number of nitriles is 1. The van der Waals surface area contributed by atoms with E-state index < -0.39 is 11.6 Å². The third-order valence-corrected chi connectivity index (χ3v) is 3.21. The fourth-order valence-electron chi connectivity index (χ4n) is 2.10. The Morgan fingerprint density at radius 3 is 2.68 bits per heavy atom. The van der Waals surface area contributed by atoms with Crippen molar-refractivity contribution in [2.24, 2.45) is 0 Å². The summed E-state index contributed by atoms with van der Waals surface area (Å²) in [5.41, 5.74) is 1.78. The maximum absolute atomic E-state index is 13.2. The highest BCUT2D eigenvalue weighted by Crippen LogP contribution is 2.21. The second-order valence-electron chi connectivity index (χ2n) is 4.67. The van der Waals surface area contributed by atoms with Gasteiger partial charge < -0.3 is 5.32 Å². The number of fused-ring (bicyclic) bond motifs is 1. The molecule has 1 N–H and O–H groups in total. The van der Waals surface area contributed by atoms with Crippen LogP contribution in [0.2, 0.25) is 0 Å². The van der Waals surface area contributed by atoms with Gasteiger partial charge in [0, 0.05) is 11.9 Å². The average Bonchev–Trinajstić information content (AvgIpc) is 2.55. The van der Waals surface area contributed by atoms with Crippen molar-refractivity contribution in [3.63, 3.8) is 0 Å². The van der Waals surface area contributed by atoms with Crippen LogP contribution in [-0.4, -0.2) is 9.97 Å². The van der Waals surface area contributed by atoms with E-state index in [2.05, 4.69) is 21.4 Å². The van der Waals surface area contributed by atoms with E-state index >= 15 is 0 Å². The monoisotopic (exact) mass is 296 g/mol. The molecule has 3 rings (SSSR count). The Hall–Kier alpha value is -3.07. The van der Waals surface area contributed by atoms with Gasteiger partial charge in [-0.05, 0) is 35.9 Å². The molecule has 1 heterocycles. The number of nitrogens with zero attached hydrogens (tertiary/aromatic N) is 3. The minimum atomic E-state index is -0.890. The Balaban J connectivity index is 1.90. The van der Waals surface area contributed by atoms with E-state index in [0.29, 0.717) is 27.8 Å². The van der Waals surface area contributed by atoms with Gasteiger partial charge in [-0.15, -0.1) is 0 Å². The standard InChI is InChI=1S/C16H10F2N4/c17-13-3-1-11(6-14(13)18)8-20-16-12-5-10(7-19)2-4-15(12)21-9-22-16/h1-6,9H,8H2,(H,20,21,22). The summed E-state index contributed by atoms with van der Waals surface area (Å²) >= 11 is 0. The van der Waals surface area contributed by atoms with Crippen LogP contribution in [-0.2, 0) is 6.54 Å². The van der Waals surface area contributed by atoms with Gasteiger partial charge in [0.1, 0.15) is 12.1 Å². The Morgan fingerprint density at radius 1 is 1.05 bits per heavy atom. The third kappa shape index (κ3) is 2.69. The topological polar surface area (TPSA) is 61.6 Å². The first-order valence-electron chi connectivity index (χ1n) is 6.50. The largest absolute Gasteiger partial charge is 0.365 e. The molecule has 0 saturated heterocycles. The van der Waals surface area contributed by atoms with Crippen LogP contribution in [0.1, 0.15) is 11.1 Å². The summed E-state index contributed by atoms with van der Waals surface area (Å²) in [7, 11) is 0. The molecule has 0 bridgehead atoms. The van der Waals surface area contributed by atoms with Gasteiger partial charge in [-0.1, -0.05) is 6.07 Å². The molecular weight excluding hydrogens is 286 g/mol. The van der Waals surface area contributed by atoms with Crippen LogP contribution in [0.4, 0.5) is 14.6 Å². The second kappa shape index (κ2) is 5.74. The Kier molecular flexibility index (Phi) is 3.62. The smallest absolute Gasteiger partial charge is 0.159 e. The van der Waals surface area contributed by atoms with Crippen molar-refractivity contribution >= 4 is 16.7 Å². The number of benzene rings is 2. The molecule has 0 atom stereocenters. The first-order valence-corrected chi connectivity index (χ1v) is 6.50.